The van der Waals surface area contributed by atoms with Crippen molar-refractivity contribution in [2.45, 2.75) is 6.54 Å². The Hall–Kier alpha value is -3.26. The van der Waals surface area contributed by atoms with Crippen LogP contribution >= 0.6 is 11.7 Å². The van der Waals surface area contributed by atoms with Crippen molar-refractivity contribution in [3.63, 3.8) is 0 Å². The number of aromatic nitrogens is 4. The van der Waals surface area contributed by atoms with E-state index in [9.17, 15) is 9.59 Å². The van der Waals surface area contributed by atoms with E-state index < -0.39 is 0 Å². The second-order valence-corrected chi connectivity index (χ2v) is 5.98. The molecule has 0 spiro atoms. The first kappa shape index (κ1) is 15.3. The minimum Gasteiger partial charge on any atom is -0.347 e. The van der Waals surface area contributed by atoms with Gasteiger partial charge in [0.2, 0.25) is 0 Å². The molecule has 0 unspecified atom stereocenters. The molecule has 25 heavy (non-hydrogen) atoms. The topological polar surface area (TPSA) is 92.7 Å². The first-order valence-electron chi connectivity index (χ1n) is 7.57. The molecule has 0 atom stereocenters. The fourth-order valence-electron chi connectivity index (χ4n) is 2.50. The number of H-pyrrole nitrogens is 1. The molecule has 1 amide bonds. The molecule has 0 aliphatic heterocycles. The van der Waals surface area contributed by atoms with Crippen molar-refractivity contribution in [3.05, 3.63) is 76.2 Å². The van der Waals surface area contributed by atoms with Crippen LogP contribution in [0.25, 0.3) is 16.7 Å². The summed E-state index contributed by atoms with van der Waals surface area (Å²) in [5.74, 6) is -0.344. The number of carbonyl (C=O) groups is 1. The zero-order valence-corrected chi connectivity index (χ0v) is 13.8. The van der Waals surface area contributed by atoms with Crippen molar-refractivity contribution in [3.8, 4) is 5.69 Å². The van der Waals surface area contributed by atoms with Gasteiger partial charge in [-0.3, -0.25) is 14.7 Å². The van der Waals surface area contributed by atoms with E-state index in [1.165, 1.54) is 10.7 Å². The first-order chi connectivity index (χ1) is 12.2. The molecule has 4 aromatic rings. The van der Waals surface area contributed by atoms with Crippen molar-refractivity contribution in [2.75, 3.05) is 0 Å². The number of benzene rings is 2. The predicted molar refractivity (Wildman–Crippen MR) is 95.0 cm³/mol. The molecular weight excluding hydrogens is 338 g/mol. The number of hydrogen-bond acceptors (Lipinski definition) is 5. The molecule has 0 saturated heterocycles. The molecule has 0 aliphatic carbocycles. The van der Waals surface area contributed by atoms with Crippen LogP contribution in [0.1, 0.15) is 16.1 Å². The number of amides is 1. The van der Waals surface area contributed by atoms with E-state index in [2.05, 4.69) is 19.2 Å². The number of para-hydroxylation sites is 1. The highest BCUT2D eigenvalue weighted by Gasteiger charge is 2.12. The summed E-state index contributed by atoms with van der Waals surface area (Å²) in [6, 6.07) is 16.0. The van der Waals surface area contributed by atoms with E-state index in [-0.39, 0.29) is 17.2 Å². The minimum absolute atomic E-state index is 0.213. The molecular formula is C17H13N5O2S. The van der Waals surface area contributed by atoms with Crippen LogP contribution in [-0.2, 0) is 6.54 Å². The second-order valence-electron chi connectivity index (χ2n) is 5.45. The second kappa shape index (κ2) is 6.33. The smallest absolute Gasteiger partial charge is 0.271 e. The third-order valence-corrected chi connectivity index (χ3v) is 4.31. The average molecular weight is 351 g/mol. The summed E-state index contributed by atoms with van der Waals surface area (Å²) < 4.78 is 9.66. The van der Waals surface area contributed by atoms with Crippen molar-refractivity contribution >= 4 is 28.7 Å². The summed E-state index contributed by atoms with van der Waals surface area (Å²) in [6.07, 6.45) is 0. The van der Waals surface area contributed by atoms with Crippen molar-refractivity contribution in [1.82, 2.24) is 23.8 Å². The lowest BCUT2D eigenvalue weighted by molar-refractivity contribution is 0.0945. The fraction of sp³-hybridized carbons (Fsp3) is 0.0588. The number of rotatable bonds is 4. The maximum atomic E-state index is 12.3. The first-order valence-corrected chi connectivity index (χ1v) is 8.30. The van der Waals surface area contributed by atoms with Gasteiger partial charge < -0.3 is 5.32 Å². The van der Waals surface area contributed by atoms with Crippen LogP contribution in [0.2, 0.25) is 0 Å². The van der Waals surface area contributed by atoms with Crippen LogP contribution < -0.4 is 10.9 Å². The van der Waals surface area contributed by atoms with E-state index in [4.69, 9.17) is 0 Å². The quantitative estimate of drug-likeness (QED) is 0.589. The van der Waals surface area contributed by atoms with Gasteiger partial charge in [0.1, 0.15) is 16.7 Å². The number of nitrogens with one attached hydrogen (secondary N) is 2. The van der Waals surface area contributed by atoms with Crippen molar-refractivity contribution < 1.29 is 4.79 Å². The normalized spacial score (nSPS) is 10.9. The Balaban J connectivity index is 1.50. The van der Waals surface area contributed by atoms with E-state index in [0.29, 0.717) is 12.2 Å². The van der Waals surface area contributed by atoms with Crippen LogP contribution in [0.4, 0.5) is 0 Å². The van der Waals surface area contributed by atoms with E-state index >= 15 is 0 Å². The van der Waals surface area contributed by atoms with Gasteiger partial charge in [-0.25, -0.2) is 4.68 Å². The number of nitrogens with zero attached hydrogens (tertiary/aromatic N) is 3. The van der Waals surface area contributed by atoms with Gasteiger partial charge in [0.15, 0.2) is 0 Å². The Kier molecular flexibility index (Phi) is 3.87. The minimum atomic E-state index is -0.344. The highest BCUT2D eigenvalue weighted by atomic mass is 32.1. The van der Waals surface area contributed by atoms with Gasteiger partial charge >= 0.3 is 0 Å². The summed E-state index contributed by atoms with van der Waals surface area (Å²) in [5, 5.41) is 5.63. The van der Waals surface area contributed by atoms with Crippen LogP contribution in [0, 0.1) is 0 Å². The van der Waals surface area contributed by atoms with Crippen LogP contribution in [0.3, 0.4) is 0 Å². The molecule has 2 N–H and O–H groups in total. The lowest BCUT2D eigenvalue weighted by Gasteiger charge is -2.04. The summed E-state index contributed by atoms with van der Waals surface area (Å²) in [6.45, 7) is 0.338. The lowest BCUT2D eigenvalue weighted by atomic mass is 10.2. The highest BCUT2D eigenvalue weighted by molar-refractivity contribution is 7.00. The van der Waals surface area contributed by atoms with Gasteiger partial charge in [0, 0.05) is 12.6 Å². The third-order valence-electron chi connectivity index (χ3n) is 3.75. The molecule has 0 fully saturated rings. The van der Waals surface area contributed by atoms with Gasteiger partial charge in [0.05, 0.1) is 17.4 Å². The number of aromatic amines is 1. The predicted octanol–water partition coefficient (Wildman–Crippen LogP) is 2.10. The summed E-state index contributed by atoms with van der Waals surface area (Å²) in [5.41, 5.74) is 3.16. The highest BCUT2D eigenvalue weighted by Crippen LogP contribution is 2.13. The Morgan fingerprint density at radius 1 is 1.08 bits per heavy atom. The van der Waals surface area contributed by atoms with E-state index in [0.717, 1.165) is 28.3 Å². The molecule has 0 radical (unpaired) electrons. The molecule has 2 heterocycles. The van der Waals surface area contributed by atoms with Crippen LogP contribution in [0.15, 0.2) is 59.4 Å². The summed E-state index contributed by atoms with van der Waals surface area (Å²) in [7, 11) is 0. The van der Waals surface area contributed by atoms with Crippen molar-refractivity contribution in [2.24, 2.45) is 0 Å². The monoisotopic (exact) mass is 351 g/mol. The van der Waals surface area contributed by atoms with E-state index in [1.807, 2.05) is 36.4 Å². The molecule has 0 aliphatic rings. The molecule has 8 heteroatoms. The third kappa shape index (κ3) is 3.07. The largest absolute Gasteiger partial charge is 0.347 e. The zero-order chi connectivity index (χ0) is 17.2. The summed E-state index contributed by atoms with van der Waals surface area (Å²) >= 11 is 1.16. The number of fused-ring (bicyclic) bond motifs is 1. The maximum absolute atomic E-state index is 12.3. The Morgan fingerprint density at radius 3 is 2.72 bits per heavy atom. The summed E-state index contributed by atoms with van der Waals surface area (Å²) in [4.78, 5) is 24.4. The van der Waals surface area contributed by atoms with Gasteiger partial charge in [-0.1, -0.05) is 24.3 Å². The van der Waals surface area contributed by atoms with Crippen LogP contribution in [-0.4, -0.2) is 24.4 Å². The molecule has 7 nitrogen and oxygen atoms in total. The number of hydrogen-bond donors (Lipinski definition) is 2. The molecule has 0 saturated carbocycles. The molecule has 2 aromatic heterocycles. The SMILES string of the molecule is O=C(NCc1ccc2nsnc2c1)c1cc(=O)n(-c2ccccc2)[nH]1. The van der Waals surface area contributed by atoms with Gasteiger partial charge in [-0.05, 0) is 29.8 Å². The van der Waals surface area contributed by atoms with Crippen molar-refractivity contribution in [1.29, 1.82) is 0 Å². The molecule has 2 aromatic carbocycles. The van der Waals surface area contributed by atoms with E-state index in [1.54, 1.807) is 12.1 Å². The Labute approximate surface area is 146 Å². The number of carbonyl (C=O) groups excluding carboxylic acids is 1. The van der Waals surface area contributed by atoms with Gasteiger partial charge in [0.25, 0.3) is 11.5 Å². The van der Waals surface area contributed by atoms with Crippen LogP contribution in [0.5, 0.6) is 0 Å². The fourth-order valence-corrected chi connectivity index (χ4v) is 3.01. The molecule has 124 valence electrons. The Morgan fingerprint density at radius 2 is 1.88 bits per heavy atom. The maximum Gasteiger partial charge on any atom is 0.271 e. The lowest BCUT2D eigenvalue weighted by Crippen LogP contribution is -2.23. The van der Waals surface area contributed by atoms with Gasteiger partial charge in [-0.2, -0.15) is 8.75 Å². The molecule has 4 rings (SSSR count). The average Bonchev–Trinajstić information content (AvgIpc) is 3.26. The Bertz CT molecular complexity index is 1100. The standard InChI is InChI=1S/C17H13N5O2S/c23-16-9-15(19-22(16)12-4-2-1-3-5-12)17(24)18-10-11-6-7-13-14(8-11)21-25-20-13/h1-9,19H,10H2,(H,18,24). The van der Waals surface area contributed by atoms with Gasteiger partial charge in [-0.15, -0.1) is 0 Å². The zero-order valence-electron chi connectivity index (χ0n) is 13.0. The molecule has 0 bridgehead atoms.